The Kier molecular flexibility index (Phi) is 3.70. The lowest BCUT2D eigenvalue weighted by Crippen LogP contribution is -2.31. The summed E-state index contributed by atoms with van der Waals surface area (Å²) in [6, 6.07) is 0. The van der Waals surface area contributed by atoms with Crippen LogP contribution in [-0.2, 0) is 9.47 Å². The van der Waals surface area contributed by atoms with Crippen molar-refractivity contribution in [2.45, 2.75) is 45.2 Å². The van der Waals surface area contributed by atoms with Gasteiger partial charge in [-0.2, -0.15) is 0 Å². The highest BCUT2D eigenvalue weighted by atomic mass is 16.8. The first-order valence-corrected chi connectivity index (χ1v) is 5.07. The highest BCUT2D eigenvalue weighted by molar-refractivity contribution is 4.88. The van der Waals surface area contributed by atoms with Gasteiger partial charge in [-0.3, -0.25) is 0 Å². The molecule has 0 aliphatic carbocycles. The van der Waals surface area contributed by atoms with E-state index >= 15 is 0 Å². The highest BCUT2D eigenvalue weighted by Gasteiger charge is 2.42. The maximum Gasteiger partial charge on any atom is 0.163 e. The van der Waals surface area contributed by atoms with Crippen LogP contribution in [0.25, 0.3) is 0 Å². The van der Waals surface area contributed by atoms with Crippen LogP contribution in [-0.4, -0.2) is 29.7 Å². The molecule has 1 rings (SSSR count). The van der Waals surface area contributed by atoms with Gasteiger partial charge >= 0.3 is 0 Å². The molecular formula is C11H20O3. The Morgan fingerprint density at radius 3 is 2.64 bits per heavy atom. The van der Waals surface area contributed by atoms with Crippen LogP contribution >= 0.6 is 0 Å². The van der Waals surface area contributed by atoms with E-state index in [0.717, 1.165) is 6.42 Å². The van der Waals surface area contributed by atoms with Crippen LogP contribution < -0.4 is 0 Å². The summed E-state index contributed by atoms with van der Waals surface area (Å²) < 4.78 is 11.5. The molecule has 3 atom stereocenters. The van der Waals surface area contributed by atoms with Crippen LogP contribution in [0.2, 0.25) is 0 Å². The monoisotopic (exact) mass is 200 g/mol. The van der Waals surface area contributed by atoms with E-state index in [-0.39, 0.29) is 24.7 Å². The Morgan fingerprint density at radius 2 is 2.14 bits per heavy atom. The lowest BCUT2D eigenvalue weighted by Gasteiger charge is -2.21. The summed E-state index contributed by atoms with van der Waals surface area (Å²) in [6.07, 6.45) is 2.57. The zero-order valence-corrected chi connectivity index (χ0v) is 9.19. The molecule has 0 aromatic rings. The van der Waals surface area contributed by atoms with Gasteiger partial charge in [-0.25, -0.2) is 0 Å². The fourth-order valence-electron chi connectivity index (χ4n) is 1.80. The van der Waals surface area contributed by atoms with Crippen LogP contribution in [0, 0.1) is 5.92 Å². The molecule has 0 unspecified atom stereocenters. The summed E-state index contributed by atoms with van der Waals surface area (Å²) >= 11 is 0. The van der Waals surface area contributed by atoms with Gasteiger partial charge in [0, 0.05) is 12.5 Å². The van der Waals surface area contributed by atoms with Gasteiger partial charge < -0.3 is 14.6 Å². The van der Waals surface area contributed by atoms with Crippen molar-refractivity contribution in [2.75, 3.05) is 6.61 Å². The van der Waals surface area contributed by atoms with E-state index in [1.165, 1.54) is 0 Å². The molecule has 0 saturated carbocycles. The molecule has 1 N–H and O–H groups in total. The third-order valence-corrected chi connectivity index (χ3v) is 2.47. The van der Waals surface area contributed by atoms with Crippen molar-refractivity contribution in [3.63, 3.8) is 0 Å². The second-order valence-electron chi connectivity index (χ2n) is 4.32. The normalized spacial score (nSPS) is 32.9. The van der Waals surface area contributed by atoms with Crippen molar-refractivity contribution in [1.29, 1.82) is 0 Å². The first-order valence-electron chi connectivity index (χ1n) is 5.07. The van der Waals surface area contributed by atoms with E-state index in [4.69, 9.17) is 14.6 Å². The Bertz CT molecular complexity index is 201. The number of hydrogen-bond acceptors (Lipinski definition) is 3. The minimum absolute atomic E-state index is 0.0182. The smallest absolute Gasteiger partial charge is 0.163 e. The zero-order chi connectivity index (χ0) is 10.8. The molecule has 0 bridgehead atoms. The van der Waals surface area contributed by atoms with E-state index in [2.05, 4.69) is 6.58 Å². The van der Waals surface area contributed by atoms with E-state index in [1.807, 2.05) is 26.8 Å². The van der Waals surface area contributed by atoms with E-state index in [1.54, 1.807) is 0 Å². The molecule has 1 heterocycles. The van der Waals surface area contributed by atoms with Gasteiger partial charge in [0.2, 0.25) is 0 Å². The van der Waals surface area contributed by atoms with Gasteiger partial charge in [0.25, 0.3) is 0 Å². The predicted molar refractivity (Wildman–Crippen MR) is 54.9 cm³/mol. The van der Waals surface area contributed by atoms with Crippen molar-refractivity contribution in [1.82, 2.24) is 0 Å². The quantitative estimate of drug-likeness (QED) is 0.702. The molecule has 0 aromatic heterocycles. The lowest BCUT2D eigenvalue weighted by molar-refractivity contribution is -0.150. The number of aliphatic hydroxyl groups is 1. The summed E-state index contributed by atoms with van der Waals surface area (Å²) in [6.45, 7) is 9.57. The number of hydrogen-bond donors (Lipinski definition) is 1. The number of ether oxygens (including phenoxy) is 2. The van der Waals surface area contributed by atoms with Crippen molar-refractivity contribution < 1.29 is 14.6 Å². The zero-order valence-electron chi connectivity index (χ0n) is 9.19. The van der Waals surface area contributed by atoms with Crippen molar-refractivity contribution >= 4 is 0 Å². The molecule has 3 nitrogen and oxygen atoms in total. The van der Waals surface area contributed by atoms with Crippen molar-refractivity contribution in [2.24, 2.45) is 5.92 Å². The fraction of sp³-hybridized carbons (Fsp3) is 0.818. The van der Waals surface area contributed by atoms with Crippen molar-refractivity contribution in [3.8, 4) is 0 Å². The first-order chi connectivity index (χ1) is 6.50. The molecule has 1 aliphatic rings. The SMILES string of the molecule is C=CC[C@@H]1OC(C)(C)O[C@@H]1[C@H](C)CO. The second kappa shape index (κ2) is 4.43. The van der Waals surface area contributed by atoms with Crippen LogP contribution in [0.1, 0.15) is 27.2 Å². The summed E-state index contributed by atoms with van der Waals surface area (Å²) in [5, 5.41) is 9.09. The van der Waals surface area contributed by atoms with Crippen molar-refractivity contribution in [3.05, 3.63) is 12.7 Å². The van der Waals surface area contributed by atoms with Gasteiger partial charge in [0.1, 0.15) is 0 Å². The molecule has 1 saturated heterocycles. The van der Waals surface area contributed by atoms with Gasteiger partial charge in [-0.05, 0) is 20.3 Å². The average molecular weight is 200 g/mol. The lowest BCUT2D eigenvalue weighted by atomic mass is 9.99. The van der Waals surface area contributed by atoms with Crippen LogP contribution in [0.4, 0.5) is 0 Å². The van der Waals surface area contributed by atoms with Crippen LogP contribution in [0.15, 0.2) is 12.7 Å². The average Bonchev–Trinajstić information content (AvgIpc) is 2.41. The largest absolute Gasteiger partial charge is 0.396 e. The first kappa shape index (κ1) is 11.7. The third kappa shape index (κ3) is 2.56. The Labute approximate surface area is 85.7 Å². The number of aliphatic hydroxyl groups excluding tert-OH is 1. The predicted octanol–water partition coefficient (Wildman–Crippen LogP) is 1.71. The van der Waals surface area contributed by atoms with Gasteiger partial charge in [0.15, 0.2) is 5.79 Å². The van der Waals surface area contributed by atoms with E-state index in [0.29, 0.717) is 0 Å². The fourth-order valence-corrected chi connectivity index (χ4v) is 1.80. The third-order valence-electron chi connectivity index (χ3n) is 2.47. The Morgan fingerprint density at radius 1 is 1.50 bits per heavy atom. The van der Waals surface area contributed by atoms with E-state index in [9.17, 15) is 0 Å². The summed E-state index contributed by atoms with van der Waals surface area (Å²) in [5.74, 6) is -0.441. The molecule has 1 fully saturated rings. The molecule has 0 aromatic carbocycles. The molecule has 0 radical (unpaired) electrons. The number of rotatable bonds is 4. The Hall–Kier alpha value is -0.380. The topological polar surface area (TPSA) is 38.7 Å². The maximum atomic E-state index is 9.09. The standard InChI is InChI=1S/C11H20O3/c1-5-6-9-10(8(2)7-12)14-11(3,4)13-9/h5,8-10,12H,1,6-7H2,2-4H3/t8-,9+,10-/m1/s1. The van der Waals surface area contributed by atoms with Gasteiger partial charge in [-0.1, -0.05) is 13.0 Å². The Balaban J connectivity index is 2.66. The van der Waals surface area contributed by atoms with Crippen LogP contribution in [0.5, 0.6) is 0 Å². The summed E-state index contributed by atoms with van der Waals surface area (Å²) in [7, 11) is 0. The minimum Gasteiger partial charge on any atom is -0.396 e. The van der Waals surface area contributed by atoms with E-state index < -0.39 is 5.79 Å². The molecule has 82 valence electrons. The second-order valence-corrected chi connectivity index (χ2v) is 4.32. The maximum absolute atomic E-state index is 9.09. The molecule has 0 amide bonds. The summed E-state index contributed by atoms with van der Waals surface area (Å²) in [5.41, 5.74) is 0. The minimum atomic E-state index is -0.540. The molecular weight excluding hydrogens is 180 g/mol. The van der Waals surface area contributed by atoms with Crippen LogP contribution in [0.3, 0.4) is 0 Å². The summed E-state index contributed by atoms with van der Waals surface area (Å²) in [4.78, 5) is 0. The molecule has 1 aliphatic heterocycles. The molecule has 0 spiro atoms. The van der Waals surface area contributed by atoms with Gasteiger partial charge in [-0.15, -0.1) is 6.58 Å². The highest BCUT2D eigenvalue weighted by Crippen LogP contribution is 2.33. The molecule has 3 heteroatoms. The molecule has 14 heavy (non-hydrogen) atoms. The van der Waals surface area contributed by atoms with Gasteiger partial charge in [0.05, 0.1) is 12.2 Å².